The molecule has 0 spiro atoms. The molecule has 9 nitrogen and oxygen atoms in total. The Labute approximate surface area is 140 Å². The average Bonchev–Trinajstić information content (AvgIpc) is 1.98. The predicted molar refractivity (Wildman–Crippen MR) is 52.6 cm³/mol. The summed E-state index contributed by atoms with van der Waals surface area (Å²) in [7, 11) is -10.3. The third-order valence-electron chi connectivity index (χ3n) is 0.681. The van der Waals surface area contributed by atoms with E-state index < -0.39 is 20.8 Å². The van der Waals surface area contributed by atoms with Crippen molar-refractivity contribution in [2.75, 3.05) is 0 Å². The van der Waals surface area contributed by atoms with E-state index in [1.54, 1.807) is 0 Å². The Morgan fingerprint density at radius 2 is 1.21 bits per heavy atom. The molecule has 14 heteroatoms. The predicted octanol–water partition coefficient (Wildman–Crippen LogP) is -0.937. The summed E-state index contributed by atoms with van der Waals surface area (Å²) in [4.78, 5) is 2.85. The van der Waals surface area contributed by atoms with Crippen molar-refractivity contribution in [3.63, 3.8) is 0 Å². The summed E-state index contributed by atoms with van der Waals surface area (Å²) >= 11 is 4.76. The van der Waals surface area contributed by atoms with Gasteiger partial charge in [-0.1, -0.05) is 18.3 Å². The smallest absolute Gasteiger partial charge is 0.759 e. The van der Waals surface area contributed by atoms with E-state index in [0.717, 1.165) is 4.64 Å². The van der Waals surface area contributed by atoms with E-state index >= 15 is 0 Å². The molecule has 0 fully saturated rings. The molecular formula is C5H5NO8S3Zn2. The molecule has 1 heterocycles. The Balaban J connectivity index is -0.0000000866. The van der Waals surface area contributed by atoms with Crippen molar-refractivity contribution in [2.24, 2.45) is 0 Å². The standard InChI is InChI=1S/C5H5NS.2H2O4S.2Zn/c7-5-3-1-2-4-6-5;2*1-5(2,3)4;;/h1-4H,(H,6,7);2*(H2,1,2,3,4);;/q;;;2*+2/p-4. The number of aromatic nitrogens is 1. The largest absolute Gasteiger partial charge is 2.00 e. The second kappa shape index (κ2) is 13.3. The van der Waals surface area contributed by atoms with Crippen molar-refractivity contribution >= 4 is 33.0 Å². The maximum absolute atomic E-state index is 8.52. The van der Waals surface area contributed by atoms with Crippen LogP contribution in [-0.4, -0.2) is 40.0 Å². The van der Waals surface area contributed by atoms with Gasteiger partial charge in [-0.05, 0) is 12.1 Å². The first-order valence-corrected chi connectivity index (χ1v) is 6.44. The molecule has 0 radical (unpaired) electrons. The first kappa shape index (κ1) is 27.7. The second-order valence-corrected chi connectivity index (χ2v) is 4.12. The van der Waals surface area contributed by atoms with Gasteiger partial charge in [-0.15, -0.1) is 0 Å². The van der Waals surface area contributed by atoms with Crippen molar-refractivity contribution in [1.82, 2.24) is 4.98 Å². The molecule has 100 valence electrons. The number of rotatable bonds is 0. The third-order valence-corrected chi connectivity index (χ3v) is 0.934. The van der Waals surface area contributed by atoms with Crippen molar-refractivity contribution in [3.8, 4) is 0 Å². The first-order valence-electron chi connectivity index (χ1n) is 3.36. The fourth-order valence-corrected chi connectivity index (χ4v) is 0.523. The van der Waals surface area contributed by atoms with E-state index in [1.807, 2.05) is 24.4 Å². The number of hydrogen-bond donors (Lipinski definition) is 1. The maximum Gasteiger partial charge on any atom is 2.00 e. The summed E-state index contributed by atoms with van der Waals surface area (Å²) in [5, 5.41) is 0. The number of aromatic amines is 1. The van der Waals surface area contributed by atoms with Crippen molar-refractivity contribution in [3.05, 3.63) is 29.0 Å². The Bertz CT molecular complexity index is 505. The van der Waals surface area contributed by atoms with Crippen molar-refractivity contribution in [2.45, 2.75) is 0 Å². The van der Waals surface area contributed by atoms with Gasteiger partial charge >= 0.3 is 39.0 Å². The van der Waals surface area contributed by atoms with E-state index in [4.69, 9.17) is 47.3 Å². The van der Waals surface area contributed by atoms with Crippen LogP contribution in [0.25, 0.3) is 0 Å². The molecule has 0 aliphatic heterocycles. The average molecular weight is 434 g/mol. The summed E-state index contributed by atoms with van der Waals surface area (Å²) in [6.45, 7) is 0. The molecule has 1 rings (SSSR count). The molecule has 0 saturated heterocycles. The third kappa shape index (κ3) is 70.3. The van der Waals surface area contributed by atoms with Crippen LogP contribution in [0.5, 0.6) is 0 Å². The van der Waals surface area contributed by atoms with Gasteiger partial charge in [0.2, 0.25) is 0 Å². The van der Waals surface area contributed by atoms with E-state index in [9.17, 15) is 0 Å². The van der Waals surface area contributed by atoms with Crippen LogP contribution in [0.15, 0.2) is 24.4 Å². The summed E-state index contributed by atoms with van der Waals surface area (Å²) < 4.78 is 68.9. The quantitative estimate of drug-likeness (QED) is 0.234. The minimum absolute atomic E-state index is 0. The van der Waals surface area contributed by atoms with Crippen LogP contribution >= 0.6 is 12.2 Å². The second-order valence-electron chi connectivity index (χ2n) is 2.04. The van der Waals surface area contributed by atoms with E-state index in [2.05, 4.69) is 4.98 Å². The van der Waals surface area contributed by atoms with E-state index in [-0.39, 0.29) is 39.0 Å². The molecule has 1 N–H and O–H groups in total. The van der Waals surface area contributed by atoms with Gasteiger partial charge in [0.15, 0.2) is 0 Å². The molecule has 19 heavy (non-hydrogen) atoms. The molecule has 0 atom stereocenters. The van der Waals surface area contributed by atoms with Gasteiger partial charge < -0.3 is 23.2 Å². The van der Waals surface area contributed by atoms with Gasteiger partial charge in [0.05, 0.1) is 0 Å². The van der Waals surface area contributed by atoms with Crippen molar-refractivity contribution in [1.29, 1.82) is 0 Å². The van der Waals surface area contributed by atoms with Crippen LogP contribution in [0.4, 0.5) is 0 Å². The van der Waals surface area contributed by atoms with E-state index in [0.29, 0.717) is 0 Å². The maximum atomic E-state index is 8.52. The van der Waals surface area contributed by atoms with Crippen LogP contribution in [0.1, 0.15) is 0 Å². The van der Waals surface area contributed by atoms with E-state index in [1.165, 1.54) is 0 Å². The monoisotopic (exact) mass is 431 g/mol. The molecule has 1 aromatic rings. The molecule has 0 bridgehead atoms. The SMILES string of the molecule is O=S(=O)([O-])[O-].O=S(=O)([O-])[O-].S=c1cccc[nH]1.[Zn+2].[Zn+2]. The van der Waals surface area contributed by atoms with Crippen LogP contribution < -0.4 is 0 Å². The van der Waals surface area contributed by atoms with Crippen LogP contribution in [0.2, 0.25) is 0 Å². The first-order chi connectivity index (χ1) is 7.39. The molecule has 0 aliphatic rings. The zero-order valence-corrected chi connectivity index (χ0v) is 17.6. The Morgan fingerprint density at radius 1 is 0.895 bits per heavy atom. The van der Waals surface area contributed by atoms with Gasteiger partial charge in [0, 0.05) is 27.0 Å². The molecule has 0 amide bonds. The fourth-order valence-electron chi connectivity index (χ4n) is 0.377. The van der Waals surface area contributed by atoms with Crippen molar-refractivity contribution < 1.29 is 74.0 Å². The molecule has 0 aromatic carbocycles. The molecule has 0 aliphatic carbocycles. The van der Waals surface area contributed by atoms with Gasteiger partial charge in [0.25, 0.3) is 0 Å². The minimum Gasteiger partial charge on any atom is -0.759 e. The van der Waals surface area contributed by atoms with Gasteiger partial charge in [-0.2, -0.15) is 0 Å². The van der Waals surface area contributed by atoms with Gasteiger partial charge in [0.1, 0.15) is 4.64 Å². The molecular weight excluding hydrogens is 429 g/mol. The number of pyridine rings is 1. The summed E-state index contributed by atoms with van der Waals surface area (Å²) in [5.41, 5.74) is 0. The van der Waals surface area contributed by atoms with Gasteiger partial charge in [-0.25, -0.2) is 0 Å². The Kier molecular flexibility index (Phi) is 19.4. The van der Waals surface area contributed by atoms with Crippen LogP contribution in [0, 0.1) is 4.64 Å². The zero-order valence-electron chi connectivity index (χ0n) is 9.21. The van der Waals surface area contributed by atoms with Crippen LogP contribution in [-0.2, 0) is 59.8 Å². The summed E-state index contributed by atoms with van der Waals surface area (Å²) in [6, 6.07) is 5.64. The zero-order chi connectivity index (χ0) is 14.1. The summed E-state index contributed by atoms with van der Waals surface area (Å²) in [5.74, 6) is 0. The molecule has 0 saturated carbocycles. The van der Waals surface area contributed by atoms with Gasteiger partial charge in [-0.3, -0.25) is 16.8 Å². The normalized spacial score (nSPS) is 9.26. The Hall–Kier alpha value is 0.357. The minimum atomic E-state index is -5.17. The summed E-state index contributed by atoms with van der Waals surface area (Å²) in [6.07, 6.45) is 1.81. The molecule has 1 aromatic heterocycles. The topological polar surface area (TPSA) is 176 Å². The number of H-pyrrole nitrogens is 1. The number of nitrogens with one attached hydrogen (secondary N) is 1. The fraction of sp³-hybridized carbons (Fsp3) is 0. The Morgan fingerprint density at radius 3 is 1.32 bits per heavy atom. The number of hydrogen-bond acceptors (Lipinski definition) is 9. The molecule has 0 unspecified atom stereocenters. The van der Waals surface area contributed by atoms with Crippen LogP contribution in [0.3, 0.4) is 0 Å².